The Morgan fingerprint density at radius 3 is 3.00 bits per heavy atom. The topological polar surface area (TPSA) is 116 Å². The highest BCUT2D eigenvalue weighted by Crippen LogP contribution is 2.26. The van der Waals surface area contributed by atoms with Crippen LogP contribution in [0.25, 0.3) is 0 Å². The molecular weight excluding hydrogens is 224 g/mol. The van der Waals surface area contributed by atoms with Crippen LogP contribution in [0.4, 0.5) is 5.82 Å². The molecule has 2 rings (SSSR count). The van der Waals surface area contributed by atoms with Gasteiger partial charge in [0, 0.05) is 24.2 Å². The van der Waals surface area contributed by atoms with Gasteiger partial charge in [0.25, 0.3) is 0 Å². The van der Waals surface area contributed by atoms with E-state index in [2.05, 4.69) is 4.98 Å². The smallest absolute Gasteiger partial charge is 0.351 e. The first kappa shape index (κ1) is 12.0. The Labute approximate surface area is 98.0 Å². The molecule has 7 nitrogen and oxygen atoms in total. The normalized spacial score (nSPS) is 28.5. The first-order valence-corrected chi connectivity index (χ1v) is 5.40. The highest BCUT2D eigenvalue weighted by Gasteiger charge is 2.33. The van der Waals surface area contributed by atoms with Gasteiger partial charge in [-0.2, -0.15) is 4.98 Å². The highest BCUT2D eigenvalue weighted by molar-refractivity contribution is 5.35. The number of nitrogens with zero attached hydrogens (tertiary/aromatic N) is 2. The van der Waals surface area contributed by atoms with Gasteiger partial charge in [-0.05, 0) is 6.92 Å². The van der Waals surface area contributed by atoms with Crippen LogP contribution < -0.4 is 17.2 Å². The maximum atomic E-state index is 11.7. The molecule has 3 atom stereocenters. The number of aliphatic hydroxyl groups excluding tert-OH is 1. The number of anilines is 1. The Morgan fingerprint density at radius 1 is 1.71 bits per heavy atom. The molecule has 0 radical (unpaired) electrons. The fourth-order valence-electron chi connectivity index (χ4n) is 1.89. The van der Waals surface area contributed by atoms with Crippen LogP contribution in [0.3, 0.4) is 0 Å². The zero-order valence-corrected chi connectivity index (χ0v) is 9.54. The summed E-state index contributed by atoms with van der Waals surface area (Å²) < 4.78 is 6.85. The zero-order valence-electron chi connectivity index (χ0n) is 9.54. The number of rotatable bonds is 2. The molecule has 0 spiro atoms. The standard InChI is InChI=1S/C10H16N4O3/c1-5-3-14(10(16)13-9(5)12)8-2-6(11)7(4-15)17-8/h3,6-8,15H,2,4,11H2,1H3,(H2,12,13,16)/t6-,7-,8-/m1/s1. The van der Waals surface area contributed by atoms with Crippen LogP contribution in [0.1, 0.15) is 18.2 Å². The maximum Gasteiger partial charge on any atom is 0.351 e. The molecule has 0 amide bonds. The third-order valence-corrected chi connectivity index (χ3v) is 2.95. The molecule has 1 aromatic rings. The summed E-state index contributed by atoms with van der Waals surface area (Å²) in [5, 5.41) is 9.04. The number of hydrogen-bond donors (Lipinski definition) is 3. The maximum absolute atomic E-state index is 11.7. The average molecular weight is 240 g/mol. The molecule has 1 saturated heterocycles. The molecular formula is C10H16N4O3. The summed E-state index contributed by atoms with van der Waals surface area (Å²) >= 11 is 0. The van der Waals surface area contributed by atoms with E-state index >= 15 is 0 Å². The number of aryl methyl sites for hydroxylation is 1. The second kappa shape index (κ2) is 4.44. The summed E-state index contributed by atoms with van der Waals surface area (Å²) in [6, 6.07) is -0.283. The minimum absolute atomic E-state index is 0.159. The molecule has 2 heterocycles. The van der Waals surface area contributed by atoms with Gasteiger partial charge >= 0.3 is 5.69 Å². The SMILES string of the molecule is Cc1cn([C@H]2C[C@@H](N)[C@@H](CO)O2)c(=O)nc1N. The van der Waals surface area contributed by atoms with Gasteiger partial charge in [0.05, 0.1) is 12.7 Å². The van der Waals surface area contributed by atoms with Crippen molar-refractivity contribution < 1.29 is 9.84 Å². The molecule has 0 aliphatic carbocycles. The first-order chi connectivity index (χ1) is 8.02. The minimum Gasteiger partial charge on any atom is -0.394 e. The van der Waals surface area contributed by atoms with Crippen LogP contribution in [-0.2, 0) is 4.74 Å². The van der Waals surface area contributed by atoms with Gasteiger partial charge in [-0.3, -0.25) is 4.57 Å². The fraction of sp³-hybridized carbons (Fsp3) is 0.600. The summed E-state index contributed by atoms with van der Waals surface area (Å²) in [5.74, 6) is 0.215. The lowest BCUT2D eigenvalue weighted by Gasteiger charge is -2.15. The number of ether oxygens (including phenoxy) is 1. The van der Waals surface area contributed by atoms with E-state index in [1.807, 2.05) is 0 Å². The third-order valence-electron chi connectivity index (χ3n) is 2.95. The van der Waals surface area contributed by atoms with Crippen molar-refractivity contribution in [1.29, 1.82) is 0 Å². The van der Waals surface area contributed by atoms with E-state index in [0.29, 0.717) is 12.0 Å². The number of hydrogen-bond acceptors (Lipinski definition) is 6. The Kier molecular flexibility index (Phi) is 3.14. The van der Waals surface area contributed by atoms with Crippen LogP contribution in [0, 0.1) is 6.92 Å². The lowest BCUT2D eigenvalue weighted by molar-refractivity contribution is -0.0270. The fourth-order valence-corrected chi connectivity index (χ4v) is 1.89. The Hall–Kier alpha value is -1.44. The molecule has 0 bridgehead atoms. The lowest BCUT2D eigenvalue weighted by atomic mass is 10.1. The number of aromatic nitrogens is 2. The highest BCUT2D eigenvalue weighted by atomic mass is 16.5. The van der Waals surface area contributed by atoms with Gasteiger partial charge < -0.3 is 21.3 Å². The predicted molar refractivity (Wildman–Crippen MR) is 61.2 cm³/mol. The number of nitrogens with two attached hydrogens (primary N) is 2. The van der Waals surface area contributed by atoms with Gasteiger partial charge in [0.1, 0.15) is 12.0 Å². The summed E-state index contributed by atoms with van der Waals surface area (Å²) in [4.78, 5) is 15.4. The first-order valence-electron chi connectivity index (χ1n) is 5.40. The van der Waals surface area contributed by atoms with Crippen LogP contribution in [0.15, 0.2) is 11.0 Å². The Balaban J connectivity index is 2.30. The number of aliphatic hydroxyl groups is 1. The molecule has 0 aromatic carbocycles. The molecule has 17 heavy (non-hydrogen) atoms. The predicted octanol–water partition coefficient (Wildman–Crippen LogP) is -1.26. The second-order valence-corrected chi connectivity index (χ2v) is 4.21. The molecule has 1 aromatic heterocycles. The molecule has 0 unspecified atom stereocenters. The zero-order chi connectivity index (χ0) is 12.6. The van der Waals surface area contributed by atoms with Crippen molar-refractivity contribution in [2.75, 3.05) is 12.3 Å². The van der Waals surface area contributed by atoms with E-state index < -0.39 is 18.0 Å². The van der Waals surface area contributed by atoms with Gasteiger partial charge in [-0.15, -0.1) is 0 Å². The van der Waals surface area contributed by atoms with Gasteiger partial charge in [-0.25, -0.2) is 4.79 Å². The van der Waals surface area contributed by atoms with E-state index in [1.54, 1.807) is 13.1 Å². The quantitative estimate of drug-likeness (QED) is 0.594. The Bertz CT molecular complexity index is 473. The largest absolute Gasteiger partial charge is 0.394 e. The van der Waals surface area contributed by atoms with E-state index in [9.17, 15) is 4.79 Å². The van der Waals surface area contributed by atoms with Crippen molar-refractivity contribution in [2.45, 2.75) is 31.7 Å². The van der Waals surface area contributed by atoms with Crippen molar-refractivity contribution in [3.63, 3.8) is 0 Å². The van der Waals surface area contributed by atoms with Crippen LogP contribution >= 0.6 is 0 Å². The van der Waals surface area contributed by atoms with Crippen molar-refractivity contribution >= 4 is 5.82 Å². The number of nitrogen functional groups attached to an aromatic ring is 1. The molecule has 94 valence electrons. The summed E-state index contributed by atoms with van der Waals surface area (Å²) in [7, 11) is 0. The van der Waals surface area contributed by atoms with Crippen LogP contribution in [0.5, 0.6) is 0 Å². The van der Waals surface area contributed by atoms with E-state index in [0.717, 1.165) is 0 Å². The minimum atomic E-state index is -0.485. The lowest BCUT2D eigenvalue weighted by Crippen LogP contribution is -2.32. The van der Waals surface area contributed by atoms with Gasteiger partial charge in [-0.1, -0.05) is 0 Å². The van der Waals surface area contributed by atoms with E-state index in [1.165, 1.54) is 4.57 Å². The Morgan fingerprint density at radius 2 is 2.41 bits per heavy atom. The monoisotopic (exact) mass is 240 g/mol. The van der Waals surface area contributed by atoms with Crippen molar-refractivity contribution in [1.82, 2.24) is 9.55 Å². The molecule has 1 aliphatic heterocycles. The molecule has 1 fully saturated rings. The summed E-state index contributed by atoms with van der Waals surface area (Å²) in [5.41, 5.74) is 11.6. The van der Waals surface area contributed by atoms with E-state index in [4.69, 9.17) is 21.3 Å². The second-order valence-electron chi connectivity index (χ2n) is 4.21. The van der Waals surface area contributed by atoms with Gasteiger partial charge in [0.2, 0.25) is 0 Å². The van der Waals surface area contributed by atoms with Crippen molar-refractivity contribution in [3.05, 3.63) is 22.2 Å². The summed E-state index contributed by atoms with van der Waals surface area (Å²) in [6.45, 7) is 1.60. The average Bonchev–Trinajstić information content (AvgIpc) is 2.65. The third kappa shape index (κ3) is 2.17. The summed E-state index contributed by atoms with van der Waals surface area (Å²) in [6.07, 6.45) is 1.14. The molecule has 1 aliphatic rings. The van der Waals surface area contributed by atoms with Crippen molar-refractivity contribution in [2.24, 2.45) is 5.73 Å². The van der Waals surface area contributed by atoms with Crippen LogP contribution in [-0.4, -0.2) is 33.4 Å². The van der Waals surface area contributed by atoms with Gasteiger partial charge in [0.15, 0.2) is 0 Å². The molecule has 7 heteroatoms. The molecule has 5 N–H and O–H groups in total. The van der Waals surface area contributed by atoms with Crippen LogP contribution in [0.2, 0.25) is 0 Å². The van der Waals surface area contributed by atoms with E-state index in [-0.39, 0.29) is 18.5 Å². The molecule has 0 saturated carbocycles. The van der Waals surface area contributed by atoms with Crippen molar-refractivity contribution in [3.8, 4) is 0 Å².